The van der Waals surface area contributed by atoms with Gasteiger partial charge in [0, 0.05) is 11.8 Å². The second kappa shape index (κ2) is 7.11. The van der Waals surface area contributed by atoms with Gasteiger partial charge in [-0.3, -0.25) is 20.4 Å². The summed E-state index contributed by atoms with van der Waals surface area (Å²) in [6.07, 6.45) is 0. The summed E-state index contributed by atoms with van der Waals surface area (Å²) >= 11 is 0. The average Bonchev–Trinajstić information content (AvgIpc) is 2.97. The predicted octanol–water partition coefficient (Wildman–Crippen LogP) is 0.865. The minimum Gasteiger partial charge on any atom is -0.497 e. The number of hydrogen-bond acceptors (Lipinski definition) is 6. The van der Waals surface area contributed by atoms with E-state index in [1.165, 1.54) is 6.07 Å². The lowest BCUT2D eigenvalue weighted by atomic mass is 10.3. The number of aromatic nitrogens is 1. The minimum atomic E-state index is -0.571. The van der Waals surface area contributed by atoms with Crippen LogP contribution in [0.4, 0.5) is 5.69 Å². The molecule has 0 saturated carbocycles. The molecule has 2 amide bonds. The Morgan fingerprint density at radius 1 is 1.23 bits per heavy atom. The summed E-state index contributed by atoms with van der Waals surface area (Å²) in [5.74, 6) is -0.218. The summed E-state index contributed by atoms with van der Waals surface area (Å²) in [4.78, 5) is 23.2. The first kappa shape index (κ1) is 15.4. The largest absolute Gasteiger partial charge is 0.497 e. The van der Waals surface area contributed by atoms with Gasteiger partial charge in [-0.05, 0) is 31.2 Å². The molecule has 0 aliphatic carbocycles. The fraction of sp³-hybridized carbons (Fsp3) is 0.214. The third-order valence-corrected chi connectivity index (χ3v) is 2.71. The molecule has 0 saturated heterocycles. The van der Waals surface area contributed by atoms with Gasteiger partial charge in [-0.1, -0.05) is 5.16 Å². The van der Waals surface area contributed by atoms with Gasteiger partial charge in [0.15, 0.2) is 0 Å². The highest BCUT2D eigenvalue weighted by molar-refractivity contribution is 5.93. The van der Waals surface area contributed by atoms with Crippen LogP contribution in [-0.4, -0.2) is 30.6 Å². The Morgan fingerprint density at radius 2 is 1.95 bits per heavy atom. The third-order valence-electron chi connectivity index (χ3n) is 2.71. The van der Waals surface area contributed by atoms with Gasteiger partial charge >= 0.3 is 5.91 Å². The zero-order valence-corrected chi connectivity index (χ0v) is 12.2. The van der Waals surface area contributed by atoms with Crippen LogP contribution >= 0.6 is 0 Å². The number of methoxy groups -OCH3 is 1. The van der Waals surface area contributed by atoms with E-state index in [4.69, 9.17) is 9.26 Å². The molecule has 0 bridgehead atoms. The molecule has 0 unspecified atom stereocenters. The number of carbonyl (C=O) groups is 2. The molecule has 2 aromatic rings. The lowest BCUT2D eigenvalue weighted by molar-refractivity contribution is -0.120. The van der Waals surface area contributed by atoms with Crippen LogP contribution in [0.2, 0.25) is 0 Å². The van der Waals surface area contributed by atoms with Gasteiger partial charge in [-0.15, -0.1) is 0 Å². The Kier molecular flexibility index (Phi) is 4.97. The molecule has 0 fully saturated rings. The molecule has 0 atom stereocenters. The van der Waals surface area contributed by atoms with Gasteiger partial charge in [-0.2, -0.15) is 0 Å². The number of anilines is 1. The fourth-order valence-corrected chi connectivity index (χ4v) is 1.59. The van der Waals surface area contributed by atoms with Crippen molar-refractivity contribution in [3.05, 3.63) is 41.8 Å². The molecule has 1 aromatic carbocycles. The molecule has 1 heterocycles. The van der Waals surface area contributed by atoms with E-state index in [1.807, 2.05) is 0 Å². The molecular formula is C14H16N4O4. The number of nitrogens with zero attached hydrogens (tertiary/aromatic N) is 1. The smallest absolute Gasteiger partial charge is 0.308 e. The van der Waals surface area contributed by atoms with Crippen LogP contribution in [-0.2, 0) is 4.79 Å². The van der Waals surface area contributed by atoms with E-state index in [0.717, 1.165) is 11.4 Å². The van der Waals surface area contributed by atoms with E-state index in [0.29, 0.717) is 5.69 Å². The maximum atomic E-state index is 11.6. The summed E-state index contributed by atoms with van der Waals surface area (Å²) < 4.78 is 9.80. The van der Waals surface area contributed by atoms with E-state index in [2.05, 4.69) is 21.3 Å². The van der Waals surface area contributed by atoms with Crippen LogP contribution in [0.5, 0.6) is 5.75 Å². The number of rotatable bonds is 5. The molecule has 1 aromatic heterocycles. The number of ether oxygens (including phenoxy) is 1. The van der Waals surface area contributed by atoms with E-state index >= 15 is 0 Å². The second-order valence-corrected chi connectivity index (χ2v) is 4.42. The first-order valence-corrected chi connectivity index (χ1v) is 6.49. The summed E-state index contributed by atoms with van der Waals surface area (Å²) in [5.41, 5.74) is 5.84. The Balaban J connectivity index is 1.74. The molecule has 0 aliphatic rings. The van der Waals surface area contributed by atoms with Crippen LogP contribution in [0.15, 0.2) is 34.9 Å². The van der Waals surface area contributed by atoms with Crippen LogP contribution in [0, 0.1) is 6.92 Å². The number of benzene rings is 1. The van der Waals surface area contributed by atoms with Gasteiger partial charge < -0.3 is 14.6 Å². The second-order valence-electron chi connectivity index (χ2n) is 4.42. The maximum Gasteiger partial charge on any atom is 0.308 e. The minimum absolute atomic E-state index is 0.00203. The summed E-state index contributed by atoms with van der Waals surface area (Å²) in [7, 11) is 1.58. The Bertz CT molecular complexity index is 651. The number of carbonyl (C=O) groups excluding carboxylic acids is 2. The van der Waals surface area contributed by atoms with Crippen LogP contribution in [0.1, 0.15) is 16.2 Å². The highest BCUT2D eigenvalue weighted by Crippen LogP contribution is 2.14. The zero-order chi connectivity index (χ0) is 15.9. The summed E-state index contributed by atoms with van der Waals surface area (Å²) in [5, 5.41) is 6.49. The molecule has 116 valence electrons. The van der Waals surface area contributed by atoms with E-state index in [9.17, 15) is 9.59 Å². The van der Waals surface area contributed by atoms with E-state index in [1.54, 1.807) is 38.3 Å². The third kappa shape index (κ3) is 4.23. The van der Waals surface area contributed by atoms with Gasteiger partial charge in [-0.25, -0.2) is 0 Å². The standard InChI is InChI=1S/C14H16N4O4/c1-9-7-12(22-18-9)14(20)17-16-13(19)8-15-10-3-5-11(21-2)6-4-10/h3-7,15H,8H2,1-2H3,(H,16,19)(H,17,20). The van der Waals surface area contributed by atoms with E-state index < -0.39 is 11.8 Å². The molecule has 8 nitrogen and oxygen atoms in total. The van der Waals surface area contributed by atoms with Crippen molar-refractivity contribution in [2.45, 2.75) is 6.92 Å². The Labute approximate surface area is 126 Å². The highest BCUT2D eigenvalue weighted by atomic mass is 16.5. The zero-order valence-electron chi connectivity index (χ0n) is 12.2. The molecule has 3 N–H and O–H groups in total. The number of nitrogens with one attached hydrogen (secondary N) is 3. The van der Waals surface area contributed by atoms with Gasteiger partial charge in [0.2, 0.25) is 5.76 Å². The molecular weight excluding hydrogens is 288 g/mol. The molecule has 2 rings (SSSR count). The molecule has 8 heteroatoms. The molecule has 0 aliphatic heterocycles. The summed E-state index contributed by atoms with van der Waals surface area (Å²) in [6, 6.07) is 8.57. The van der Waals surface area contributed by atoms with Crippen molar-refractivity contribution in [3.8, 4) is 5.75 Å². The normalized spacial score (nSPS) is 9.91. The number of hydrogen-bond donors (Lipinski definition) is 3. The quantitative estimate of drug-likeness (QED) is 0.708. The van der Waals surface area contributed by atoms with Crippen LogP contribution < -0.4 is 20.9 Å². The number of aryl methyl sites for hydroxylation is 1. The van der Waals surface area contributed by atoms with Gasteiger partial charge in [0.1, 0.15) is 5.75 Å². The van der Waals surface area contributed by atoms with Gasteiger partial charge in [0.25, 0.3) is 5.91 Å². The van der Waals surface area contributed by atoms with Crippen molar-refractivity contribution < 1.29 is 18.8 Å². The van der Waals surface area contributed by atoms with E-state index in [-0.39, 0.29) is 12.3 Å². The lowest BCUT2D eigenvalue weighted by Crippen LogP contribution is -2.44. The highest BCUT2D eigenvalue weighted by Gasteiger charge is 2.12. The van der Waals surface area contributed by atoms with Crippen molar-refractivity contribution >= 4 is 17.5 Å². The lowest BCUT2D eigenvalue weighted by Gasteiger charge is -2.08. The first-order chi connectivity index (χ1) is 10.6. The predicted molar refractivity (Wildman–Crippen MR) is 78.3 cm³/mol. The van der Waals surface area contributed by atoms with Crippen LogP contribution in [0.3, 0.4) is 0 Å². The van der Waals surface area contributed by atoms with Crippen LogP contribution in [0.25, 0.3) is 0 Å². The number of amides is 2. The molecule has 0 spiro atoms. The van der Waals surface area contributed by atoms with Crippen molar-refractivity contribution in [2.75, 3.05) is 19.0 Å². The number of hydrazine groups is 1. The average molecular weight is 304 g/mol. The summed E-state index contributed by atoms with van der Waals surface area (Å²) in [6.45, 7) is 1.69. The van der Waals surface area contributed by atoms with Crippen molar-refractivity contribution in [3.63, 3.8) is 0 Å². The first-order valence-electron chi connectivity index (χ1n) is 6.49. The SMILES string of the molecule is COc1ccc(NCC(=O)NNC(=O)c2cc(C)no2)cc1. The van der Waals surface area contributed by atoms with Gasteiger partial charge in [0.05, 0.1) is 19.3 Å². The molecule has 0 radical (unpaired) electrons. The Hall–Kier alpha value is -3.03. The Morgan fingerprint density at radius 3 is 2.55 bits per heavy atom. The fourth-order valence-electron chi connectivity index (χ4n) is 1.59. The molecule has 22 heavy (non-hydrogen) atoms. The van der Waals surface area contributed by atoms with Crippen molar-refractivity contribution in [1.82, 2.24) is 16.0 Å². The monoisotopic (exact) mass is 304 g/mol. The topological polar surface area (TPSA) is 105 Å². The van der Waals surface area contributed by atoms with Crippen molar-refractivity contribution in [1.29, 1.82) is 0 Å². The van der Waals surface area contributed by atoms with Crippen molar-refractivity contribution in [2.24, 2.45) is 0 Å². The maximum absolute atomic E-state index is 11.6.